The van der Waals surface area contributed by atoms with Gasteiger partial charge >= 0.3 is 0 Å². The molecule has 2 aromatic carbocycles. The minimum absolute atomic E-state index is 0.178. The zero-order valence-corrected chi connectivity index (χ0v) is 16.8. The normalized spacial score (nSPS) is 19.0. The van der Waals surface area contributed by atoms with Gasteiger partial charge in [0.15, 0.2) is 5.17 Å². The molecule has 0 bridgehead atoms. The van der Waals surface area contributed by atoms with Crippen molar-refractivity contribution < 1.29 is 4.79 Å². The predicted octanol–water partition coefficient (Wildman–Crippen LogP) is 4.79. The van der Waals surface area contributed by atoms with Crippen LogP contribution in [0.5, 0.6) is 0 Å². The highest BCUT2D eigenvalue weighted by molar-refractivity contribution is 8.18. The number of carbonyl (C=O) groups is 1. The average molecular weight is 418 g/mol. The molecule has 0 aliphatic carbocycles. The van der Waals surface area contributed by atoms with Crippen LogP contribution in [0.25, 0.3) is 6.08 Å². The fourth-order valence-corrected chi connectivity index (χ4v) is 4.35. The second-order valence-electron chi connectivity index (χ2n) is 6.32. The van der Waals surface area contributed by atoms with Gasteiger partial charge in [0.25, 0.3) is 5.91 Å². The van der Waals surface area contributed by atoms with Crippen LogP contribution in [0, 0.1) is 0 Å². The van der Waals surface area contributed by atoms with Crippen LogP contribution < -0.4 is 4.90 Å². The van der Waals surface area contributed by atoms with Gasteiger partial charge in [0.2, 0.25) is 0 Å². The number of amidine groups is 1. The van der Waals surface area contributed by atoms with Crippen molar-refractivity contribution in [2.24, 2.45) is 4.99 Å². The van der Waals surface area contributed by atoms with E-state index in [9.17, 15) is 4.79 Å². The number of amides is 1. The molecule has 2 aliphatic heterocycles. The number of aliphatic imine (C=N–C) groups is 1. The summed E-state index contributed by atoms with van der Waals surface area (Å²) in [5.41, 5.74) is 2.07. The molecule has 138 valence electrons. The Bertz CT molecular complexity index is 919. The molecule has 0 N–H and O–H groups in total. The van der Waals surface area contributed by atoms with Crippen molar-refractivity contribution in [1.82, 2.24) is 4.90 Å². The van der Waals surface area contributed by atoms with E-state index in [2.05, 4.69) is 20.9 Å². The molecule has 4 rings (SSSR count). The number of carbonyl (C=O) groups excluding carboxylic acids is 1. The van der Waals surface area contributed by atoms with E-state index < -0.39 is 0 Å². The first-order valence-electron chi connectivity index (χ1n) is 8.62. The van der Waals surface area contributed by atoms with Crippen molar-refractivity contribution in [2.45, 2.75) is 0 Å². The predicted molar refractivity (Wildman–Crippen MR) is 115 cm³/mol. The lowest BCUT2D eigenvalue weighted by Gasteiger charge is -2.36. The van der Waals surface area contributed by atoms with Gasteiger partial charge in [-0.2, -0.15) is 4.99 Å². The van der Waals surface area contributed by atoms with Crippen molar-refractivity contribution in [2.75, 3.05) is 31.1 Å². The van der Waals surface area contributed by atoms with Gasteiger partial charge in [-0.25, -0.2) is 0 Å². The third-order valence-electron chi connectivity index (χ3n) is 4.50. The molecule has 27 heavy (non-hydrogen) atoms. The molecule has 1 fully saturated rings. The fraction of sp³-hybridized carbons (Fsp3) is 0.200. The number of rotatable bonds is 2. The van der Waals surface area contributed by atoms with E-state index >= 15 is 0 Å². The summed E-state index contributed by atoms with van der Waals surface area (Å²) in [7, 11) is 0. The van der Waals surface area contributed by atoms with Crippen LogP contribution in [0.3, 0.4) is 0 Å². The van der Waals surface area contributed by atoms with Gasteiger partial charge in [0.1, 0.15) is 0 Å². The van der Waals surface area contributed by atoms with Gasteiger partial charge < -0.3 is 9.80 Å². The first-order valence-corrected chi connectivity index (χ1v) is 10.2. The van der Waals surface area contributed by atoms with Crippen molar-refractivity contribution in [1.29, 1.82) is 0 Å². The fourth-order valence-electron chi connectivity index (χ4n) is 3.07. The molecule has 7 heteroatoms. The summed E-state index contributed by atoms with van der Waals surface area (Å²) in [6.45, 7) is 3.37. The summed E-state index contributed by atoms with van der Waals surface area (Å²) in [5.74, 6) is -0.178. The Morgan fingerprint density at radius 3 is 2.33 bits per heavy atom. The number of anilines is 1. The maximum Gasteiger partial charge on any atom is 0.286 e. The number of benzene rings is 2. The molecule has 0 unspecified atom stereocenters. The summed E-state index contributed by atoms with van der Waals surface area (Å²) in [6.07, 6.45) is 1.86. The summed E-state index contributed by atoms with van der Waals surface area (Å²) in [6, 6.07) is 15.3. The maximum absolute atomic E-state index is 12.3. The Kier molecular flexibility index (Phi) is 5.43. The second kappa shape index (κ2) is 7.97. The van der Waals surface area contributed by atoms with Gasteiger partial charge in [0, 0.05) is 41.9 Å². The average Bonchev–Trinajstić information content (AvgIpc) is 3.04. The number of piperazine rings is 1. The number of nitrogens with zero attached hydrogens (tertiary/aromatic N) is 3. The highest BCUT2D eigenvalue weighted by Crippen LogP contribution is 2.31. The molecule has 1 amide bonds. The molecule has 0 spiro atoms. The summed E-state index contributed by atoms with van der Waals surface area (Å²) in [4.78, 5) is 21.6. The molecular weight excluding hydrogens is 401 g/mol. The molecule has 1 saturated heterocycles. The zero-order valence-electron chi connectivity index (χ0n) is 14.4. The molecule has 2 heterocycles. The van der Waals surface area contributed by atoms with E-state index in [1.165, 1.54) is 11.8 Å². The Labute approximate surface area is 172 Å². The lowest BCUT2D eigenvalue weighted by molar-refractivity contribution is -0.113. The number of halogens is 2. The van der Waals surface area contributed by atoms with Crippen LogP contribution >= 0.6 is 35.0 Å². The van der Waals surface area contributed by atoms with Crippen molar-refractivity contribution in [3.63, 3.8) is 0 Å². The van der Waals surface area contributed by atoms with Crippen molar-refractivity contribution >= 4 is 57.8 Å². The third-order valence-corrected chi connectivity index (χ3v) is 6.03. The van der Waals surface area contributed by atoms with Crippen LogP contribution in [-0.4, -0.2) is 42.2 Å². The van der Waals surface area contributed by atoms with Crippen LogP contribution in [-0.2, 0) is 4.79 Å². The second-order valence-corrected chi connectivity index (χ2v) is 8.20. The summed E-state index contributed by atoms with van der Waals surface area (Å²) >= 11 is 13.4. The maximum atomic E-state index is 12.3. The number of hydrogen-bond donors (Lipinski definition) is 0. The van der Waals surface area contributed by atoms with E-state index in [-0.39, 0.29) is 5.91 Å². The minimum atomic E-state index is -0.178. The van der Waals surface area contributed by atoms with Gasteiger partial charge in [-0.05, 0) is 53.7 Å². The van der Waals surface area contributed by atoms with E-state index in [0.29, 0.717) is 9.93 Å². The molecule has 4 nitrogen and oxygen atoms in total. The van der Waals surface area contributed by atoms with Crippen LogP contribution in [0.2, 0.25) is 10.0 Å². The lowest BCUT2D eigenvalue weighted by atomic mass is 10.2. The van der Waals surface area contributed by atoms with Gasteiger partial charge in [0.05, 0.1) is 4.91 Å². The molecule has 0 atom stereocenters. The molecule has 0 saturated carbocycles. The molecular formula is C20H17Cl2N3OS. The Morgan fingerprint density at radius 2 is 1.63 bits per heavy atom. The van der Waals surface area contributed by atoms with E-state index in [0.717, 1.165) is 47.6 Å². The smallest absolute Gasteiger partial charge is 0.286 e. The standard InChI is InChI=1S/C20H17Cl2N3OS/c21-15-6-4-14(5-7-15)12-18-19(26)23-20(27-18)25-10-8-24(9-11-25)17-3-1-2-16(22)13-17/h1-7,12-13H,8-11H2. The summed E-state index contributed by atoms with van der Waals surface area (Å²) < 4.78 is 0. The van der Waals surface area contributed by atoms with Crippen LogP contribution in [0.1, 0.15) is 5.56 Å². The topological polar surface area (TPSA) is 35.9 Å². The minimum Gasteiger partial charge on any atom is -0.368 e. The highest BCUT2D eigenvalue weighted by atomic mass is 35.5. The lowest BCUT2D eigenvalue weighted by Crippen LogP contribution is -2.47. The first-order chi connectivity index (χ1) is 13.1. The Morgan fingerprint density at radius 1 is 0.926 bits per heavy atom. The largest absolute Gasteiger partial charge is 0.368 e. The SMILES string of the molecule is O=C1N=C(N2CCN(c3cccc(Cl)c3)CC2)SC1=Cc1ccc(Cl)cc1. The molecule has 2 aliphatic rings. The van der Waals surface area contributed by atoms with Crippen LogP contribution in [0.15, 0.2) is 58.4 Å². The molecule has 0 aromatic heterocycles. The number of thioether (sulfide) groups is 1. The van der Waals surface area contributed by atoms with Crippen molar-refractivity contribution in [3.05, 3.63) is 69.0 Å². The Balaban J connectivity index is 1.40. The van der Waals surface area contributed by atoms with E-state index in [1.807, 2.05) is 48.5 Å². The quantitative estimate of drug-likeness (QED) is 0.658. The summed E-state index contributed by atoms with van der Waals surface area (Å²) in [5, 5.41) is 2.20. The third kappa shape index (κ3) is 4.32. The van der Waals surface area contributed by atoms with E-state index in [4.69, 9.17) is 23.2 Å². The monoisotopic (exact) mass is 417 g/mol. The molecule has 2 aromatic rings. The first kappa shape index (κ1) is 18.4. The van der Waals surface area contributed by atoms with Crippen LogP contribution in [0.4, 0.5) is 5.69 Å². The molecule has 0 radical (unpaired) electrons. The highest BCUT2D eigenvalue weighted by Gasteiger charge is 2.28. The number of hydrogen-bond acceptors (Lipinski definition) is 4. The zero-order chi connectivity index (χ0) is 18.8. The van der Waals surface area contributed by atoms with Gasteiger partial charge in [-0.3, -0.25) is 4.79 Å². The van der Waals surface area contributed by atoms with Gasteiger partial charge in [-0.15, -0.1) is 0 Å². The Hall–Kier alpha value is -1.95. The van der Waals surface area contributed by atoms with Crippen molar-refractivity contribution in [3.8, 4) is 0 Å². The van der Waals surface area contributed by atoms with Gasteiger partial charge in [-0.1, -0.05) is 41.4 Å². The van der Waals surface area contributed by atoms with E-state index in [1.54, 1.807) is 0 Å².